The molecule has 16 heavy (non-hydrogen) atoms. The lowest BCUT2D eigenvalue weighted by Crippen LogP contribution is -2.31. The maximum Gasteiger partial charge on any atom is 0.317 e. The molecular weight excluding hydrogens is 213 g/mol. The summed E-state index contributed by atoms with van der Waals surface area (Å²) < 4.78 is 17.8. The van der Waals surface area contributed by atoms with E-state index in [-0.39, 0.29) is 6.03 Å². The molecule has 0 atom stereocenters. The molecule has 1 fully saturated rings. The molecule has 2 amide bonds. The second kappa shape index (κ2) is 4.78. The molecule has 86 valence electrons. The van der Waals surface area contributed by atoms with Crippen LogP contribution in [-0.2, 0) is 0 Å². The number of hydrogen-bond donors (Lipinski definition) is 1. The molecule has 2 rings (SSSR count). The average Bonchev–Trinajstić information content (AvgIpc) is 2.68. The van der Waals surface area contributed by atoms with Gasteiger partial charge in [0.1, 0.15) is 12.4 Å². The van der Waals surface area contributed by atoms with Crippen LogP contribution in [0.2, 0.25) is 0 Å². The molecule has 1 aromatic heterocycles. The van der Waals surface area contributed by atoms with Crippen LogP contribution in [0.1, 0.15) is 0 Å². The first-order valence-corrected chi connectivity index (χ1v) is 5.03. The number of rotatable bonds is 4. The second-order valence-electron chi connectivity index (χ2n) is 3.38. The van der Waals surface area contributed by atoms with E-state index < -0.39 is 5.95 Å². The van der Waals surface area contributed by atoms with Gasteiger partial charge >= 0.3 is 6.03 Å². The van der Waals surface area contributed by atoms with Gasteiger partial charge in [-0.05, 0) is 12.1 Å². The van der Waals surface area contributed by atoms with E-state index in [9.17, 15) is 9.18 Å². The number of hydrogen-bond acceptors (Lipinski definition) is 3. The molecule has 0 bridgehead atoms. The highest BCUT2D eigenvalue weighted by Gasteiger charge is 2.18. The van der Waals surface area contributed by atoms with Crippen LogP contribution in [0.25, 0.3) is 0 Å². The van der Waals surface area contributed by atoms with E-state index in [1.54, 1.807) is 4.90 Å². The quantitative estimate of drug-likeness (QED) is 0.764. The van der Waals surface area contributed by atoms with E-state index in [4.69, 9.17) is 4.74 Å². The number of halogens is 1. The number of nitrogens with zero attached hydrogens (tertiary/aromatic N) is 2. The van der Waals surface area contributed by atoms with E-state index in [2.05, 4.69) is 10.3 Å². The SMILES string of the molecule is O=C1NCCN1CCOc1ccc(F)nc1. The van der Waals surface area contributed by atoms with E-state index in [1.165, 1.54) is 18.3 Å². The molecule has 0 spiro atoms. The van der Waals surface area contributed by atoms with Crippen LogP contribution >= 0.6 is 0 Å². The first-order valence-electron chi connectivity index (χ1n) is 5.03. The molecule has 1 aliphatic rings. The molecule has 0 aromatic carbocycles. The maximum absolute atomic E-state index is 12.5. The molecule has 1 aromatic rings. The van der Waals surface area contributed by atoms with Gasteiger partial charge in [-0.1, -0.05) is 0 Å². The first kappa shape index (κ1) is 10.7. The Balaban J connectivity index is 1.75. The van der Waals surface area contributed by atoms with Gasteiger partial charge in [-0.25, -0.2) is 9.78 Å². The number of nitrogens with one attached hydrogen (secondary N) is 1. The smallest absolute Gasteiger partial charge is 0.317 e. The molecule has 0 radical (unpaired) electrons. The molecule has 0 aliphatic carbocycles. The van der Waals surface area contributed by atoms with Gasteiger partial charge in [-0.15, -0.1) is 0 Å². The molecule has 6 heteroatoms. The zero-order chi connectivity index (χ0) is 11.4. The number of amides is 2. The summed E-state index contributed by atoms with van der Waals surface area (Å²) in [5.41, 5.74) is 0. The van der Waals surface area contributed by atoms with Gasteiger partial charge in [0.15, 0.2) is 0 Å². The normalized spacial score (nSPS) is 15.1. The van der Waals surface area contributed by atoms with E-state index in [0.717, 1.165) is 0 Å². The highest BCUT2D eigenvalue weighted by molar-refractivity contribution is 5.76. The molecule has 5 nitrogen and oxygen atoms in total. The van der Waals surface area contributed by atoms with E-state index in [0.29, 0.717) is 32.0 Å². The van der Waals surface area contributed by atoms with Gasteiger partial charge in [0.05, 0.1) is 12.7 Å². The Hall–Kier alpha value is -1.85. The van der Waals surface area contributed by atoms with Gasteiger partial charge in [-0.2, -0.15) is 4.39 Å². The highest BCUT2D eigenvalue weighted by Crippen LogP contribution is 2.08. The van der Waals surface area contributed by atoms with Crippen molar-refractivity contribution in [3.05, 3.63) is 24.3 Å². The van der Waals surface area contributed by atoms with Crippen molar-refractivity contribution in [2.24, 2.45) is 0 Å². The summed E-state index contributed by atoms with van der Waals surface area (Å²) in [6.07, 6.45) is 1.32. The largest absolute Gasteiger partial charge is 0.490 e. The summed E-state index contributed by atoms with van der Waals surface area (Å²) in [6.45, 7) is 2.27. The monoisotopic (exact) mass is 225 g/mol. The minimum atomic E-state index is -0.536. The third-order valence-electron chi connectivity index (χ3n) is 2.28. The summed E-state index contributed by atoms with van der Waals surface area (Å²) in [5.74, 6) is -0.0349. The van der Waals surface area contributed by atoms with Gasteiger partial charge in [0.25, 0.3) is 0 Å². The fraction of sp³-hybridized carbons (Fsp3) is 0.400. The minimum Gasteiger partial charge on any atom is -0.490 e. The molecule has 1 aliphatic heterocycles. The summed E-state index contributed by atoms with van der Waals surface area (Å²) in [7, 11) is 0. The second-order valence-corrected chi connectivity index (χ2v) is 3.38. The summed E-state index contributed by atoms with van der Waals surface area (Å²) >= 11 is 0. The molecule has 0 unspecified atom stereocenters. The molecular formula is C10H12FN3O2. The lowest BCUT2D eigenvalue weighted by molar-refractivity contribution is 0.202. The highest BCUT2D eigenvalue weighted by atomic mass is 19.1. The van der Waals surface area contributed by atoms with Gasteiger partial charge in [0.2, 0.25) is 5.95 Å². The van der Waals surface area contributed by atoms with E-state index >= 15 is 0 Å². The van der Waals surface area contributed by atoms with Crippen LogP contribution in [0.3, 0.4) is 0 Å². The zero-order valence-electron chi connectivity index (χ0n) is 8.65. The van der Waals surface area contributed by atoms with Gasteiger partial charge in [0, 0.05) is 13.1 Å². The third-order valence-corrected chi connectivity index (χ3v) is 2.28. The number of pyridine rings is 1. The Bertz CT molecular complexity index is 369. The Morgan fingerprint density at radius 3 is 3.06 bits per heavy atom. The predicted molar refractivity (Wildman–Crippen MR) is 54.7 cm³/mol. The van der Waals surface area contributed by atoms with Crippen LogP contribution in [0.15, 0.2) is 18.3 Å². The number of carbonyl (C=O) groups is 1. The van der Waals surface area contributed by atoms with Gasteiger partial charge < -0.3 is 15.0 Å². The molecule has 0 saturated carbocycles. The van der Waals surface area contributed by atoms with Crippen molar-refractivity contribution in [3.8, 4) is 5.75 Å². The Labute approximate surface area is 92.2 Å². The summed E-state index contributed by atoms with van der Waals surface area (Å²) in [6, 6.07) is 2.67. The predicted octanol–water partition coefficient (Wildman–Crippen LogP) is 0.625. The lowest BCUT2D eigenvalue weighted by Gasteiger charge is -2.14. The number of urea groups is 1. The molecule has 1 N–H and O–H groups in total. The number of aromatic nitrogens is 1. The molecule has 1 saturated heterocycles. The fourth-order valence-electron chi connectivity index (χ4n) is 1.45. The minimum absolute atomic E-state index is 0.0687. The van der Waals surface area contributed by atoms with E-state index in [1.807, 2.05) is 0 Å². The van der Waals surface area contributed by atoms with Crippen molar-refractivity contribution in [2.45, 2.75) is 0 Å². The number of carbonyl (C=O) groups excluding carboxylic acids is 1. The van der Waals surface area contributed by atoms with Crippen LogP contribution in [-0.4, -0.2) is 42.2 Å². The van der Waals surface area contributed by atoms with Crippen molar-refractivity contribution in [1.29, 1.82) is 0 Å². The first-order chi connectivity index (χ1) is 7.75. The maximum atomic E-state index is 12.5. The summed E-state index contributed by atoms with van der Waals surface area (Å²) in [4.78, 5) is 16.3. The summed E-state index contributed by atoms with van der Waals surface area (Å²) in [5, 5.41) is 2.70. The van der Waals surface area contributed by atoms with Crippen molar-refractivity contribution in [3.63, 3.8) is 0 Å². The fourth-order valence-corrected chi connectivity index (χ4v) is 1.45. The average molecular weight is 225 g/mol. The topological polar surface area (TPSA) is 54.5 Å². The Morgan fingerprint density at radius 2 is 2.44 bits per heavy atom. The van der Waals surface area contributed by atoms with Crippen LogP contribution in [0, 0.1) is 5.95 Å². The van der Waals surface area contributed by atoms with Crippen LogP contribution in [0.4, 0.5) is 9.18 Å². The lowest BCUT2D eigenvalue weighted by atomic mass is 10.4. The van der Waals surface area contributed by atoms with Crippen LogP contribution < -0.4 is 10.1 Å². The standard InChI is InChI=1S/C10H12FN3O2/c11-9-2-1-8(7-13-9)16-6-5-14-4-3-12-10(14)15/h1-2,7H,3-6H2,(H,12,15). The van der Waals surface area contributed by atoms with Crippen molar-refractivity contribution in [1.82, 2.24) is 15.2 Å². The number of ether oxygens (including phenoxy) is 1. The Morgan fingerprint density at radius 1 is 1.56 bits per heavy atom. The zero-order valence-corrected chi connectivity index (χ0v) is 8.65. The third kappa shape index (κ3) is 2.59. The Kier molecular flexibility index (Phi) is 3.19. The molecule has 2 heterocycles. The van der Waals surface area contributed by atoms with Gasteiger partial charge in [-0.3, -0.25) is 0 Å². The van der Waals surface area contributed by atoms with Crippen molar-refractivity contribution < 1.29 is 13.9 Å². The van der Waals surface area contributed by atoms with Crippen molar-refractivity contribution >= 4 is 6.03 Å². The van der Waals surface area contributed by atoms with Crippen molar-refractivity contribution in [2.75, 3.05) is 26.2 Å². The van der Waals surface area contributed by atoms with Crippen LogP contribution in [0.5, 0.6) is 5.75 Å².